The Balaban J connectivity index is 0.00000256. The Morgan fingerprint density at radius 2 is 1.94 bits per heavy atom. The van der Waals surface area contributed by atoms with Gasteiger partial charge in [0.05, 0.1) is 0 Å². The zero-order chi connectivity index (χ0) is 12.0. The van der Waals surface area contributed by atoms with Gasteiger partial charge in [-0.3, -0.25) is 0 Å². The number of aromatic hydroxyl groups is 1. The van der Waals surface area contributed by atoms with Crippen molar-refractivity contribution >= 4 is 17.0 Å². The largest absolute Gasteiger partial charge is 0.505 e. The van der Waals surface area contributed by atoms with Gasteiger partial charge in [-0.15, -0.1) is 17.0 Å². The van der Waals surface area contributed by atoms with E-state index in [1.54, 1.807) is 6.07 Å². The predicted octanol–water partition coefficient (Wildman–Crippen LogP) is 3.38. The first kappa shape index (κ1) is 16.4. The first-order valence-corrected chi connectivity index (χ1v) is 5.87. The van der Waals surface area contributed by atoms with Gasteiger partial charge in [0.2, 0.25) is 0 Å². The minimum atomic E-state index is -0.551. The van der Waals surface area contributed by atoms with E-state index in [2.05, 4.69) is 18.7 Å². The van der Waals surface area contributed by atoms with Crippen LogP contribution in [0.25, 0.3) is 0 Å². The van der Waals surface area contributed by atoms with Gasteiger partial charge < -0.3 is 10.0 Å². The van der Waals surface area contributed by atoms with E-state index >= 15 is 0 Å². The Hall–Kier alpha value is -0.610. The summed E-state index contributed by atoms with van der Waals surface area (Å²) in [5.41, 5.74) is 0.980. The SMILES string of the molecule is Br.CCCN(CC)CCc1ccc(F)c(O)c1. The van der Waals surface area contributed by atoms with Gasteiger partial charge in [0.25, 0.3) is 0 Å². The van der Waals surface area contributed by atoms with E-state index in [4.69, 9.17) is 0 Å². The van der Waals surface area contributed by atoms with E-state index in [1.807, 2.05) is 0 Å². The van der Waals surface area contributed by atoms with E-state index < -0.39 is 5.82 Å². The van der Waals surface area contributed by atoms with Gasteiger partial charge in [0.15, 0.2) is 11.6 Å². The van der Waals surface area contributed by atoms with Crippen molar-refractivity contribution in [3.05, 3.63) is 29.6 Å². The quantitative estimate of drug-likeness (QED) is 0.871. The van der Waals surface area contributed by atoms with Crippen molar-refractivity contribution in [2.45, 2.75) is 26.7 Å². The summed E-state index contributed by atoms with van der Waals surface area (Å²) in [5.74, 6) is -0.805. The molecule has 0 unspecified atom stereocenters. The second-order valence-electron chi connectivity index (χ2n) is 3.97. The Morgan fingerprint density at radius 1 is 1.24 bits per heavy atom. The van der Waals surface area contributed by atoms with Gasteiger partial charge in [-0.2, -0.15) is 0 Å². The van der Waals surface area contributed by atoms with Gasteiger partial charge >= 0.3 is 0 Å². The molecule has 0 bridgehead atoms. The molecule has 0 atom stereocenters. The molecule has 0 aliphatic rings. The highest BCUT2D eigenvalue weighted by molar-refractivity contribution is 8.93. The van der Waals surface area contributed by atoms with Crippen LogP contribution in [0.3, 0.4) is 0 Å². The van der Waals surface area contributed by atoms with Crippen LogP contribution in [0.1, 0.15) is 25.8 Å². The maximum absolute atomic E-state index is 12.8. The first-order valence-electron chi connectivity index (χ1n) is 5.87. The van der Waals surface area contributed by atoms with Crippen molar-refractivity contribution in [3.63, 3.8) is 0 Å². The highest BCUT2D eigenvalue weighted by Gasteiger charge is 2.04. The molecule has 0 fully saturated rings. The second-order valence-corrected chi connectivity index (χ2v) is 3.97. The number of nitrogens with zero attached hydrogens (tertiary/aromatic N) is 1. The third kappa shape index (κ3) is 5.50. The number of hydrogen-bond donors (Lipinski definition) is 1. The van der Waals surface area contributed by atoms with Crippen LogP contribution in [0.5, 0.6) is 5.75 Å². The van der Waals surface area contributed by atoms with Gasteiger partial charge in [0, 0.05) is 6.54 Å². The highest BCUT2D eigenvalue weighted by atomic mass is 79.9. The molecule has 1 aromatic rings. The molecule has 98 valence electrons. The van der Waals surface area contributed by atoms with Crippen molar-refractivity contribution in [1.82, 2.24) is 4.90 Å². The molecule has 0 radical (unpaired) electrons. The maximum atomic E-state index is 12.8. The minimum Gasteiger partial charge on any atom is -0.505 e. The molecule has 0 aromatic heterocycles. The first-order chi connectivity index (χ1) is 7.67. The van der Waals surface area contributed by atoms with Gasteiger partial charge in [0.1, 0.15) is 0 Å². The maximum Gasteiger partial charge on any atom is 0.164 e. The number of benzene rings is 1. The van der Waals surface area contributed by atoms with Crippen molar-refractivity contribution < 1.29 is 9.50 Å². The van der Waals surface area contributed by atoms with E-state index in [-0.39, 0.29) is 22.7 Å². The summed E-state index contributed by atoms with van der Waals surface area (Å²) in [5, 5.41) is 9.24. The summed E-state index contributed by atoms with van der Waals surface area (Å²) in [6.45, 7) is 7.37. The number of phenols is 1. The summed E-state index contributed by atoms with van der Waals surface area (Å²) in [6.07, 6.45) is 1.99. The summed E-state index contributed by atoms with van der Waals surface area (Å²) in [4.78, 5) is 2.35. The molecule has 0 saturated heterocycles. The Morgan fingerprint density at radius 3 is 2.47 bits per heavy atom. The third-order valence-electron chi connectivity index (χ3n) is 2.71. The molecular formula is C13H21BrFNO. The van der Waals surface area contributed by atoms with Gasteiger partial charge in [-0.1, -0.05) is 19.9 Å². The zero-order valence-electron chi connectivity index (χ0n) is 10.4. The van der Waals surface area contributed by atoms with Crippen LogP contribution in [-0.4, -0.2) is 29.6 Å². The van der Waals surface area contributed by atoms with Crippen LogP contribution in [-0.2, 0) is 6.42 Å². The van der Waals surface area contributed by atoms with Crippen LogP contribution in [0.4, 0.5) is 4.39 Å². The Bertz CT molecular complexity index is 333. The summed E-state index contributed by atoms with van der Waals surface area (Å²) in [6, 6.07) is 4.56. The van der Waals surface area contributed by atoms with Crippen LogP contribution in [0.15, 0.2) is 18.2 Å². The molecule has 2 nitrogen and oxygen atoms in total. The lowest BCUT2D eigenvalue weighted by Crippen LogP contribution is -2.26. The predicted molar refractivity (Wildman–Crippen MR) is 74.5 cm³/mol. The Labute approximate surface area is 113 Å². The average Bonchev–Trinajstić information content (AvgIpc) is 2.28. The lowest BCUT2D eigenvalue weighted by molar-refractivity contribution is 0.292. The fourth-order valence-corrected chi connectivity index (χ4v) is 1.75. The topological polar surface area (TPSA) is 23.5 Å². The van der Waals surface area contributed by atoms with Crippen molar-refractivity contribution in [3.8, 4) is 5.75 Å². The molecular weight excluding hydrogens is 285 g/mol. The minimum absolute atomic E-state index is 0. The molecule has 1 rings (SSSR count). The molecule has 0 aliphatic carbocycles. The molecule has 0 aliphatic heterocycles. The number of likely N-dealkylation sites (N-methyl/N-ethyl adjacent to an activating group) is 1. The number of phenolic OH excluding ortho intramolecular Hbond substituents is 1. The molecule has 0 saturated carbocycles. The second kappa shape index (κ2) is 8.48. The lowest BCUT2D eigenvalue weighted by Gasteiger charge is -2.19. The molecule has 0 amide bonds. The van der Waals surface area contributed by atoms with Crippen molar-refractivity contribution in [1.29, 1.82) is 0 Å². The van der Waals surface area contributed by atoms with E-state index in [9.17, 15) is 9.50 Å². The fourth-order valence-electron chi connectivity index (χ4n) is 1.75. The molecule has 0 heterocycles. The van der Waals surface area contributed by atoms with Crippen LogP contribution in [0, 0.1) is 5.82 Å². The van der Waals surface area contributed by atoms with Gasteiger partial charge in [-0.25, -0.2) is 4.39 Å². The zero-order valence-corrected chi connectivity index (χ0v) is 12.2. The standard InChI is InChI=1S/C13H20FNO.BrH/c1-3-8-15(4-2)9-7-11-5-6-12(14)13(16)10-11;/h5-6,10,16H,3-4,7-9H2,1-2H3;1H. The molecule has 17 heavy (non-hydrogen) atoms. The van der Waals surface area contributed by atoms with Crippen LogP contribution in [0.2, 0.25) is 0 Å². The lowest BCUT2D eigenvalue weighted by atomic mass is 10.1. The van der Waals surface area contributed by atoms with Crippen molar-refractivity contribution in [2.24, 2.45) is 0 Å². The summed E-state index contributed by atoms with van der Waals surface area (Å²) >= 11 is 0. The summed E-state index contributed by atoms with van der Waals surface area (Å²) < 4.78 is 12.8. The monoisotopic (exact) mass is 305 g/mol. The van der Waals surface area contributed by atoms with Crippen molar-refractivity contribution in [2.75, 3.05) is 19.6 Å². The van der Waals surface area contributed by atoms with E-state index in [1.165, 1.54) is 12.1 Å². The highest BCUT2D eigenvalue weighted by Crippen LogP contribution is 2.17. The fraction of sp³-hybridized carbons (Fsp3) is 0.538. The molecule has 4 heteroatoms. The molecule has 0 spiro atoms. The average molecular weight is 306 g/mol. The normalized spacial score (nSPS) is 10.4. The smallest absolute Gasteiger partial charge is 0.164 e. The van der Waals surface area contributed by atoms with Crippen LogP contribution >= 0.6 is 17.0 Å². The van der Waals surface area contributed by atoms with E-state index in [0.29, 0.717) is 0 Å². The Kier molecular flexibility index (Phi) is 8.17. The summed E-state index contributed by atoms with van der Waals surface area (Å²) in [7, 11) is 0. The van der Waals surface area contributed by atoms with E-state index in [0.717, 1.165) is 38.0 Å². The number of rotatable bonds is 6. The number of hydrogen-bond acceptors (Lipinski definition) is 2. The molecule has 1 aromatic carbocycles. The third-order valence-corrected chi connectivity index (χ3v) is 2.71. The van der Waals surface area contributed by atoms with Crippen LogP contribution < -0.4 is 0 Å². The van der Waals surface area contributed by atoms with Gasteiger partial charge in [-0.05, 0) is 43.6 Å². The molecule has 1 N–H and O–H groups in total. The number of halogens is 2.